The van der Waals surface area contributed by atoms with E-state index in [1.54, 1.807) is 48.5 Å². The van der Waals surface area contributed by atoms with Crippen molar-refractivity contribution in [3.8, 4) is 11.8 Å². The first-order valence-electron chi connectivity index (χ1n) is 9.52. The van der Waals surface area contributed by atoms with Gasteiger partial charge in [-0.25, -0.2) is 0 Å². The first kappa shape index (κ1) is 24.5. The van der Waals surface area contributed by atoms with E-state index in [0.29, 0.717) is 36.7 Å². The van der Waals surface area contributed by atoms with Crippen molar-refractivity contribution in [1.29, 1.82) is 5.26 Å². The van der Waals surface area contributed by atoms with Crippen molar-refractivity contribution in [1.82, 2.24) is 0 Å². The van der Waals surface area contributed by atoms with Gasteiger partial charge < -0.3 is 15.4 Å². The van der Waals surface area contributed by atoms with Crippen LogP contribution in [0.25, 0.3) is 6.08 Å². The predicted molar refractivity (Wildman–Crippen MR) is 136 cm³/mol. The number of rotatable bonds is 7. The second-order valence-electron chi connectivity index (χ2n) is 6.62. The van der Waals surface area contributed by atoms with Crippen molar-refractivity contribution in [3.05, 3.63) is 91.8 Å². The summed E-state index contributed by atoms with van der Waals surface area (Å²) < 4.78 is 6.72. The van der Waals surface area contributed by atoms with Crippen LogP contribution in [0.2, 0.25) is 5.02 Å². The number of halogens is 3. The number of ether oxygens (including phenoxy) is 1. The molecule has 0 unspecified atom stereocenters. The molecule has 0 aromatic heterocycles. The van der Waals surface area contributed by atoms with Crippen LogP contribution in [0, 0.1) is 11.3 Å². The quantitative estimate of drug-likeness (QED) is 0.246. The lowest BCUT2D eigenvalue weighted by molar-refractivity contribution is -0.118. The summed E-state index contributed by atoms with van der Waals surface area (Å²) in [6.07, 6.45) is 1.44. The Labute approximate surface area is 212 Å². The second kappa shape index (κ2) is 11.7. The van der Waals surface area contributed by atoms with Gasteiger partial charge in [-0.05, 0) is 79.9 Å². The minimum absolute atomic E-state index is 0.107. The Morgan fingerprint density at radius 3 is 2.27 bits per heavy atom. The zero-order chi connectivity index (χ0) is 23.8. The highest BCUT2D eigenvalue weighted by atomic mass is 79.9. The molecule has 3 aromatic carbocycles. The van der Waals surface area contributed by atoms with Gasteiger partial charge in [0.25, 0.3) is 11.8 Å². The lowest BCUT2D eigenvalue weighted by atomic mass is 10.1. The number of carbonyl (C=O) groups excluding carboxylic acids is 2. The zero-order valence-corrected chi connectivity index (χ0v) is 20.9. The van der Waals surface area contributed by atoms with Gasteiger partial charge in [0.2, 0.25) is 0 Å². The molecular formula is C24H16Br2ClN3O3. The van der Waals surface area contributed by atoms with Gasteiger partial charge in [0.1, 0.15) is 17.4 Å². The first-order valence-corrected chi connectivity index (χ1v) is 11.5. The number of nitrogens with zero attached hydrogens (tertiary/aromatic N) is 1. The lowest BCUT2D eigenvalue weighted by Gasteiger charge is -2.12. The third-order valence-electron chi connectivity index (χ3n) is 4.22. The molecule has 0 saturated carbocycles. The molecule has 0 radical (unpaired) electrons. The SMILES string of the molecule is N#C/C(=C\c1cc(Br)c(OCC(=O)Nc2ccccc2)c(Br)c1)C(=O)Nc1ccccc1Cl. The zero-order valence-electron chi connectivity index (χ0n) is 16.9. The largest absolute Gasteiger partial charge is 0.481 e. The van der Waals surface area contributed by atoms with Crippen molar-refractivity contribution >= 4 is 72.7 Å². The van der Waals surface area contributed by atoms with Gasteiger partial charge in [-0.15, -0.1) is 0 Å². The van der Waals surface area contributed by atoms with Crippen LogP contribution in [0.3, 0.4) is 0 Å². The van der Waals surface area contributed by atoms with Crippen molar-refractivity contribution < 1.29 is 14.3 Å². The summed E-state index contributed by atoms with van der Waals surface area (Å²) in [5.41, 5.74) is 1.54. The van der Waals surface area contributed by atoms with E-state index in [2.05, 4.69) is 42.5 Å². The first-order chi connectivity index (χ1) is 15.9. The number of para-hydroxylation sites is 2. The molecule has 3 rings (SSSR count). The lowest BCUT2D eigenvalue weighted by Crippen LogP contribution is -2.20. The highest BCUT2D eigenvalue weighted by molar-refractivity contribution is 9.11. The van der Waals surface area contributed by atoms with Gasteiger partial charge in [0, 0.05) is 5.69 Å². The minimum atomic E-state index is -0.587. The van der Waals surface area contributed by atoms with E-state index < -0.39 is 5.91 Å². The van der Waals surface area contributed by atoms with Crippen molar-refractivity contribution in [3.63, 3.8) is 0 Å². The van der Waals surface area contributed by atoms with Crippen molar-refractivity contribution in [2.45, 2.75) is 0 Å². The van der Waals surface area contributed by atoms with Crippen molar-refractivity contribution in [2.24, 2.45) is 0 Å². The molecule has 3 aromatic rings. The van der Waals surface area contributed by atoms with Gasteiger partial charge in [-0.3, -0.25) is 9.59 Å². The second-order valence-corrected chi connectivity index (χ2v) is 8.74. The monoisotopic (exact) mass is 587 g/mol. The number of carbonyl (C=O) groups is 2. The van der Waals surface area contributed by atoms with E-state index in [0.717, 1.165) is 0 Å². The molecule has 0 heterocycles. The number of amides is 2. The molecule has 9 heteroatoms. The number of nitriles is 1. The maximum absolute atomic E-state index is 12.5. The van der Waals surface area contributed by atoms with E-state index >= 15 is 0 Å². The van der Waals surface area contributed by atoms with Gasteiger partial charge >= 0.3 is 0 Å². The van der Waals surface area contributed by atoms with E-state index in [1.807, 2.05) is 24.3 Å². The van der Waals surface area contributed by atoms with E-state index in [9.17, 15) is 14.9 Å². The topological polar surface area (TPSA) is 91.2 Å². The molecule has 0 atom stereocenters. The van der Waals surface area contributed by atoms with Crippen LogP contribution in [0.4, 0.5) is 11.4 Å². The summed E-state index contributed by atoms with van der Waals surface area (Å²) in [7, 11) is 0. The molecule has 0 aliphatic heterocycles. The smallest absolute Gasteiger partial charge is 0.266 e. The van der Waals surface area contributed by atoms with Gasteiger partial charge in [-0.2, -0.15) is 5.26 Å². The van der Waals surface area contributed by atoms with Crippen LogP contribution >= 0.6 is 43.5 Å². The molecule has 0 saturated heterocycles. The molecule has 0 bridgehead atoms. The van der Waals surface area contributed by atoms with Crippen molar-refractivity contribution in [2.75, 3.05) is 17.2 Å². The summed E-state index contributed by atoms with van der Waals surface area (Å²) >= 11 is 12.9. The molecule has 0 spiro atoms. The summed E-state index contributed by atoms with van der Waals surface area (Å²) in [4.78, 5) is 24.7. The molecule has 2 amide bonds. The Bertz CT molecular complexity index is 1230. The van der Waals surface area contributed by atoms with Crippen LogP contribution in [-0.2, 0) is 9.59 Å². The van der Waals surface area contributed by atoms with E-state index in [-0.39, 0.29) is 18.1 Å². The normalized spacial score (nSPS) is 10.8. The maximum atomic E-state index is 12.5. The molecule has 0 aliphatic rings. The molecule has 33 heavy (non-hydrogen) atoms. The Kier molecular flexibility index (Phi) is 8.66. The maximum Gasteiger partial charge on any atom is 0.266 e. The van der Waals surface area contributed by atoms with Crippen LogP contribution < -0.4 is 15.4 Å². The highest BCUT2D eigenvalue weighted by Crippen LogP contribution is 2.35. The summed E-state index contributed by atoms with van der Waals surface area (Å²) in [6, 6.07) is 21.0. The number of anilines is 2. The number of nitrogens with one attached hydrogen (secondary N) is 2. The summed E-state index contributed by atoms with van der Waals surface area (Å²) in [5.74, 6) is -0.489. The Hall–Kier alpha value is -3.12. The summed E-state index contributed by atoms with van der Waals surface area (Å²) in [5, 5.41) is 15.2. The van der Waals surface area contributed by atoms with Gasteiger partial charge in [-0.1, -0.05) is 41.9 Å². The predicted octanol–water partition coefficient (Wildman–Crippen LogP) is 6.43. The number of hydrogen-bond donors (Lipinski definition) is 2. The van der Waals surface area contributed by atoms with Gasteiger partial charge in [0.15, 0.2) is 6.61 Å². The Balaban J connectivity index is 1.71. The highest BCUT2D eigenvalue weighted by Gasteiger charge is 2.14. The molecular weight excluding hydrogens is 574 g/mol. The third-order valence-corrected chi connectivity index (χ3v) is 5.73. The molecule has 2 N–H and O–H groups in total. The molecule has 166 valence electrons. The van der Waals surface area contributed by atoms with Crippen LogP contribution in [0.5, 0.6) is 5.75 Å². The fourth-order valence-corrected chi connectivity index (χ4v) is 4.36. The number of benzene rings is 3. The molecule has 0 fully saturated rings. The summed E-state index contributed by atoms with van der Waals surface area (Å²) in [6.45, 7) is -0.203. The van der Waals surface area contributed by atoms with Crippen LogP contribution in [-0.4, -0.2) is 18.4 Å². The van der Waals surface area contributed by atoms with E-state index in [4.69, 9.17) is 16.3 Å². The van der Waals surface area contributed by atoms with Crippen LogP contribution in [0.15, 0.2) is 81.2 Å². The average molecular weight is 590 g/mol. The van der Waals surface area contributed by atoms with Crippen LogP contribution in [0.1, 0.15) is 5.56 Å². The Morgan fingerprint density at radius 2 is 1.64 bits per heavy atom. The van der Waals surface area contributed by atoms with E-state index in [1.165, 1.54) is 6.08 Å². The molecule has 6 nitrogen and oxygen atoms in total. The van der Waals surface area contributed by atoms with Gasteiger partial charge in [0.05, 0.1) is 19.7 Å². The number of hydrogen-bond acceptors (Lipinski definition) is 4. The Morgan fingerprint density at radius 1 is 1.00 bits per heavy atom. The fourth-order valence-electron chi connectivity index (χ4n) is 2.72. The third kappa shape index (κ3) is 6.93. The average Bonchev–Trinajstić information content (AvgIpc) is 2.79. The molecule has 0 aliphatic carbocycles. The minimum Gasteiger partial charge on any atom is -0.481 e. The standard InChI is InChI=1S/C24H16Br2ClN3O3/c25-18-11-15(10-16(13-28)24(32)30-21-9-5-4-8-20(21)27)12-19(26)23(18)33-14-22(31)29-17-6-2-1-3-7-17/h1-12H,14H2,(H,29,31)(H,30,32)/b16-10+. The fraction of sp³-hybridized carbons (Fsp3) is 0.0417.